The molecular formula is C16H27ClN2O. The van der Waals surface area contributed by atoms with Crippen molar-refractivity contribution < 1.29 is 4.79 Å². The predicted molar refractivity (Wildman–Crippen MR) is 81.8 cm³/mol. The Morgan fingerprint density at radius 1 is 1.00 bits per heavy atom. The molecule has 0 aromatic rings. The van der Waals surface area contributed by atoms with Crippen LogP contribution in [0.15, 0.2) is 0 Å². The minimum Gasteiger partial charge on any atom is -0.352 e. The van der Waals surface area contributed by atoms with Crippen LogP contribution in [-0.4, -0.2) is 25.0 Å². The van der Waals surface area contributed by atoms with E-state index in [4.69, 9.17) is 0 Å². The SMILES string of the molecule is Cl.O=C(CNCC1CC1)NC1CC2CC1C1CCCC21. The summed E-state index contributed by atoms with van der Waals surface area (Å²) in [6.07, 6.45) is 9.70. The van der Waals surface area contributed by atoms with Gasteiger partial charge in [0.15, 0.2) is 0 Å². The number of carbonyl (C=O) groups is 1. The van der Waals surface area contributed by atoms with Gasteiger partial charge in [0.25, 0.3) is 0 Å². The minimum absolute atomic E-state index is 0. The van der Waals surface area contributed by atoms with Gasteiger partial charge in [0.1, 0.15) is 0 Å². The van der Waals surface area contributed by atoms with Crippen molar-refractivity contribution in [1.82, 2.24) is 10.6 Å². The number of hydrogen-bond donors (Lipinski definition) is 2. The van der Waals surface area contributed by atoms with E-state index in [1.165, 1.54) is 44.9 Å². The lowest BCUT2D eigenvalue weighted by molar-refractivity contribution is -0.121. The molecule has 114 valence electrons. The molecule has 4 aliphatic rings. The second-order valence-corrected chi connectivity index (χ2v) is 7.40. The highest BCUT2D eigenvalue weighted by Gasteiger charge is 2.53. The van der Waals surface area contributed by atoms with Crippen LogP contribution in [0.2, 0.25) is 0 Å². The van der Waals surface area contributed by atoms with Crippen molar-refractivity contribution in [3.8, 4) is 0 Å². The molecule has 20 heavy (non-hydrogen) atoms. The van der Waals surface area contributed by atoms with E-state index in [1.807, 2.05) is 0 Å². The number of hydrogen-bond acceptors (Lipinski definition) is 2. The first-order valence-electron chi connectivity index (χ1n) is 8.31. The molecule has 5 unspecified atom stereocenters. The molecule has 4 rings (SSSR count). The van der Waals surface area contributed by atoms with Gasteiger partial charge in [0.2, 0.25) is 5.91 Å². The van der Waals surface area contributed by atoms with Crippen LogP contribution in [0, 0.1) is 29.6 Å². The van der Waals surface area contributed by atoms with Crippen molar-refractivity contribution >= 4 is 18.3 Å². The molecule has 0 radical (unpaired) electrons. The Balaban J connectivity index is 0.00000121. The third kappa shape index (κ3) is 2.71. The summed E-state index contributed by atoms with van der Waals surface area (Å²) in [5.41, 5.74) is 0. The molecule has 4 aliphatic carbocycles. The van der Waals surface area contributed by atoms with Crippen LogP contribution in [0.3, 0.4) is 0 Å². The highest BCUT2D eigenvalue weighted by atomic mass is 35.5. The lowest BCUT2D eigenvalue weighted by Crippen LogP contribution is -2.45. The number of rotatable bonds is 5. The molecule has 4 saturated carbocycles. The Kier molecular flexibility index (Phi) is 4.28. The van der Waals surface area contributed by atoms with Gasteiger partial charge >= 0.3 is 0 Å². The van der Waals surface area contributed by atoms with Gasteiger partial charge in [-0.2, -0.15) is 0 Å². The molecule has 2 bridgehead atoms. The van der Waals surface area contributed by atoms with Crippen molar-refractivity contribution in [1.29, 1.82) is 0 Å². The maximum atomic E-state index is 12.0. The van der Waals surface area contributed by atoms with Crippen molar-refractivity contribution in [2.75, 3.05) is 13.1 Å². The first-order chi connectivity index (χ1) is 9.31. The van der Waals surface area contributed by atoms with Gasteiger partial charge in [-0.25, -0.2) is 0 Å². The van der Waals surface area contributed by atoms with Crippen LogP contribution in [0.4, 0.5) is 0 Å². The summed E-state index contributed by atoms with van der Waals surface area (Å²) in [6.45, 7) is 1.56. The minimum atomic E-state index is 0. The van der Waals surface area contributed by atoms with Gasteiger partial charge < -0.3 is 10.6 Å². The van der Waals surface area contributed by atoms with E-state index >= 15 is 0 Å². The van der Waals surface area contributed by atoms with Crippen LogP contribution >= 0.6 is 12.4 Å². The van der Waals surface area contributed by atoms with Gasteiger partial charge in [0, 0.05) is 6.04 Å². The van der Waals surface area contributed by atoms with E-state index in [1.54, 1.807) is 0 Å². The summed E-state index contributed by atoms with van der Waals surface area (Å²) in [5, 5.41) is 6.62. The normalized spacial score (nSPS) is 41.3. The predicted octanol–water partition coefficient (Wildman–Crippen LogP) is 2.35. The van der Waals surface area contributed by atoms with E-state index in [-0.39, 0.29) is 18.3 Å². The van der Waals surface area contributed by atoms with Crippen molar-refractivity contribution in [3.05, 3.63) is 0 Å². The quantitative estimate of drug-likeness (QED) is 0.818. The van der Waals surface area contributed by atoms with Gasteiger partial charge in [0.05, 0.1) is 6.54 Å². The summed E-state index contributed by atoms with van der Waals surface area (Å²) >= 11 is 0. The van der Waals surface area contributed by atoms with Crippen LogP contribution in [-0.2, 0) is 4.79 Å². The monoisotopic (exact) mass is 298 g/mol. The van der Waals surface area contributed by atoms with Crippen LogP contribution in [0.5, 0.6) is 0 Å². The Morgan fingerprint density at radius 3 is 2.60 bits per heavy atom. The van der Waals surface area contributed by atoms with E-state index in [2.05, 4.69) is 10.6 Å². The largest absolute Gasteiger partial charge is 0.352 e. The second kappa shape index (κ2) is 5.84. The molecule has 5 atom stereocenters. The molecular weight excluding hydrogens is 272 g/mol. The number of halogens is 1. The molecule has 0 aliphatic heterocycles. The molecule has 2 N–H and O–H groups in total. The Labute approximate surface area is 128 Å². The highest BCUT2D eigenvalue weighted by Crippen LogP contribution is 2.58. The maximum Gasteiger partial charge on any atom is 0.234 e. The van der Waals surface area contributed by atoms with E-state index < -0.39 is 0 Å². The zero-order chi connectivity index (χ0) is 12.8. The first kappa shape index (κ1) is 14.6. The summed E-state index contributed by atoms with van der Waals surface area (Å²) in [7, 11) is 0. The van der Waals surface area contributed by atoms with E-state index in [9.17, 15) is 4.79 Å². The molecule has 4 heteroatoms. The summed E-state index contributed by atoms with van der Waals surface area (Å²) in [6, 6.07) is 0.500. The summed E-state index contributed by atoms with van der Waals surface area (Å²) in [4.78, 5) is 12.0. The third-order valence-electron chi connectivity index (χ3n) is 6.19. The van der Waals surface area contributed by atoms with Crippen LogP contribution < -0.4 is 10.6 Å². The maximum absolute atomic E-state index is 12.0. The van der Waals surface area contributed by atoms with E-state index in [0.29, 0.717) is 12.6 Å². The molecule has 0 aromatic carbocycles. The fraction of sp³-hybridized carbons (Fsp3) is 0.938. The average molecular weight is 299 g/mol. The second-order valence-electron chi connectivity index (χ2n) is 7.40. The average Bonchev–Trinajstić information content (AvgIpc) is 2.84. The molecule has 1 amide bonds. The first-order valence-corrected chi connectivity index (χ1v) is 8.31. The molecule has 0 heterocycles. The Morgan fingerprint density at radius 2 is 1.80 bits per heavy atom. The lowest BCUT2D eigenvalue weighted by atomic mass is 9.79. The zero-order valence-corrected chi connectivity index (χ0v) is 13.0. The molecule has 0 spiro atoms. The molecule has 3 nitrogen and oxygen atoms in total. The number of carbonyl (C=O) groups excluding carboxylic acids is 1. The van der Waals surface area contributed by atoms with Crippen molar-refractivity contribution in [2.24, 2.45) is 29.6 Å². The smallest absolute Gasteiger partial charge is 0.234 e. The number of amides is 1. The van der Waals surface area contributed by atoms with Gasteiger partial charge in [-0.05, 0) is 74.7 Å². The van der Waals surface area contributed by atoms with Crippen LogP contribution in [0.1, 0.15) is 44.9 Å². The third-order valence-corrected chi connectivity index (χ3v) is 6.19. The highest BCUT2D eigenvalue weighted by molar-refractivity contribution is 5.85. The fourth-order valence-electron chi connectivity index (χ4n) is 5.20. The van der Waals surface area contributed by atoms with E-state index in [0.717, 1.165) is 36.1 Å². The lowest BCUT2D eigenvalue weighted by Gasteiger charge is -2.32. The standard InChI is InChI=1S/C16H26N2O.ClH/c19-16(9-17-8-10-4-5-10)18-15-7-11-6-14(15)13-3-1-2-12(11)13;/h10-15,17H,1-9H2,(H,18,19);1H. The summed E-state index contributed by atoms with van der Waals surface area (Å²) < 4.78 is 0. The van der Waals surface area contributed by atoms with Gasteiger partial charge in [-0.15, -0.1) is 12.4 Å². The summed E-state index contributed by atoms with van der Waals surface area (Å²) in [5.74, 6) is 4.80. The fourth-order valence-corrected chi connectivity index (χ4v) is 5.20. The van der Waals surface area contributed by atoms with Gasteiger partial charge in [-0.1, -0.05) is 6.42 Å². The molecule has 0 aromatic heterocycles. The van der Waals surface area contributed by atoms with Crippen molar-refractivity contribution in [3.63, 3.8) is 0 Å². The Hall–Kier alpha value is -0.280. The van der Waals surface area contributed by atoms with Crippen molar-refractivity contribution in [2.45, 2.75) is 51.0 Å². The van der Waals surface area contributed by atoms with Crippen LogP contribution in [0.25, 0.3) is 0 Å². The Bertz CT molecular complexity index is 371. The zero-order valence-electron chi connectivity index (χ0n) is 12.1. The topological polar surface area (TPSA) is 41.1 Å². The molecule has 4 fully saturated rings. The number of nitrogens with one attached hydrogen (secondary N) is 2. The van der Waals surface area contributed by atoms with Gasteiger partial charge in [-0.3, -0.25) is 4.79 Å². The number of fused-ring (bicyclic) bond motifs is 5. The molecule has 0 saturated heterocycles.